The van der Waals surface area contributed by atoms with Crippen LogP contribution in [0.2, 0.25) is 0 Å². The Hall–Kier alpha value is 0.170. The van der Waals surface area contributed by atoms with Gasteiger partial charge in [-0.25, -0.2) is 0 Å². The lowest BCUT2D eigenvalue weighted by Gasteiger charge is -2.41. The van der Waals surface area contributed by atoms with E-state index in [9.17, 15) is 0 Å². The lowest BCUT2D eigenvalue weighted by Crippen LogP contribution is -2.30. The van der Waals surface area contributed by atoms with Gasteiger partial charge in [-0.1, -0.05) is 53.7 Å². The second kappa shape index (κ2) is 4.60. The van der Waals surface area contributed by atoms with Crippen LogP contribution in [0.1, 0.15) is 54.4 Å². The molecule has 0 aromatic carbocycles. The largest absolute Gasteiger partial charge is 0.110 e. The Morgan fingerprint density at radius 1 is 1.00 bits per heavy atom. The zero-order valence-electron chi connectivity index (χ0n) is 10.1. The van der Waals surface area contributed by atoms with E-state index in [0.717, 1.165) is 8.58 Å². The van der Waals surface area contributed by atoms with Crippen LogP contribution in [0.15, 0.2) is 12.2 Å². The fourth-order valence-corrected chi connectivity index (χ4v) is 4.83. The Bertz CT molecular complexity index is 160. The molecule has 0 nitrogen and oxygen atoms in total. The van der Waals surface area contributed by atoms with E-state index in [0.29, 0.717) is 10.3 Å². The normalized spacial score (nSPS) is 24.6. The van der Waals surface area contributed by atoms with Gasteiger partial charge in [0.05, 0.1) is 0 Å². The Morgan fingerprint density at radius 3 is 1.54 bits per heavy atom. The molecule has 1 heterocycles. The van der Waals surface area contributed by atoms with Crippen molar-refractivity contribution in [2.24, 2.45) is 0 Å². The van der Waals surface area contributed by atoms with Gasteiger partial charge < -0.3 is 0 Å². The first-order valence-corrected chi connectivity index (χ1v) is 6.27. The topological polar surface area (TPSA) is 0 Å². The molecule has 0 spiro atoms. The van der Waals surface area contributed by atoms with Gasteiger partial charge in [0.2, 0.25) is 0 Å². The third-order valence-corrected chi connectivity index (χ3v) is 3.77. The zero-order valence-corrected chi connectivity index (χ0v) is 11.1. The molecule has 0 unspecified atom stereocenters. The summed E-state index contributed by atoms with van der Waals surface area (Å²) >= 11 is 0. The number of allylic oxidation sites excluding steroid dienone is 1. The Morgan fingerprint density at radius 2 is 1.31 bits per heavy atom. The predicted molar refractivity (Wildman–Crippen MR) is 66.2 cm³/mol. The number of hydrogen-bond donors (Lipinski definition) is 0. The summed E-state index contributed by atoms with van der Waals surface area (Å²) in [6, 6.07) is 0. The predicted octanol–water partition coefficient (Wildman–Crippen LogP) is 4.60. The second-order valence-electron chi connectivity index (χ2n) is 5.00. The lowest BCUT2D eigenvalue weighted by atomic mass is 9.94. The first-order chi connectivity index (χ1) is 5.81. The van der Waals surface area contributed by atoms with Crippen molar-refractivity contribution in [1.29, 1.82) is 0 Å². The molecule has 1 rings (SSSR count). The summed E-state index contributed by atoms with van der Waals surface area (Å²) < 4.78 is 0. The van der Waals surface area contributed by atoms with E-state index >= 15 is 0 Å². The molecule has 0 N–H and O–H groups in total. The van der Waals surface area contributed by atoms with Gasteiger partial charge in [-0.3, -0.25) is 0 Å². The van der Waals surface area contributed by atoms with Crippen molar-refractivity contribution in [2.75, 3.05) is 0 Å². The Labute approximate surface area is 86.0 Å². The van der Waals surface area contributed by atoms with Gasteiger partial charge in [0, 0.05) is 0 Å². The fraction of sp³-hybridized carbons (Fsp3) is 0.833. The molecule has 1 heteroatoms. The number of hydrogen-bond acceptors (Lipinski definition) is 0. The van der Waals surface area contributed by atoms with Crippen LogP contribution in [0.4, 0.5) is 0 Å². The van der Waals surface area contributed by atoms with Gasteiger partial charge in [-0.05, 0) is 23.2 Å². The van der Waals surface area contributed by atoms with Crippen molar-refractivity contribution in [2.45, 2.75) is 64.7 Å². The van der Waals surface area contributed by atoms with Crippen LogP contribution in [0.5, 0.6) is 0 Å². The van der Waals surface area contributed by atoms with Crippen LogP contribution in [0.3, 0.4) is 0 Å². The highest BCUT2D eigenvalue weighted by Gasteiger charge is 2.34. The molecule has 0 radical (unpaired) electrons. The minimum absolute atomic E-state index is 0.513. The fourth-order valence-electron chi connectivity index (χ4n) is 2.32. The van der Waals surface area contributed by atoms with Gasteiger partial charge in [-0.2, -0.15) is 0 Å². The van der Waals surface area contributed by atoms with Crippen molar-refractivity contribution >= 4 is 8.58 Å². The van der Waals surface area contributed by atoms with E-state index in [-0.39, 0.29) is 0 Å². The maximum absolute atomic E-state index is 4.11. The SMILES string of the molecule is C=C1CC(C)(C)PC(C)(C)C1.CC. The van der Waals surface area contributed by atoms with Crippen molar-refractivity contribution in [3.05, 3.63) is 12.2 Å². The monoisotopic (exact) mass is 200 g/mol. The van der Waals surface area contributed by atoms with Gasteiger partial charge in [-0.15, -0.1) is 8.58 Å². The third kappa shape index (κ3) is 4.81. The van der Waals surface area contributed by atoms with Gasteiger partial charge in [0.25, 0.3) is 0 Å². The third-order valence-electron chi connectivity index (χ3n) is 2.06. The molecule has 1 fully saturated rings. The van der Waals surface area contributed by atoms with E-state index < -0.39 is 0 Å². The molecule has 1 aliphatic heterocycles. The summed E-state index contributed by atoms with van der Waals surface area (Å²) in [5.41, 5.74) is 1.44. The quantitative estimate of drug-likeness (QED) is 0.396. The van der Waals surface area contributed by atoms with Gasteiger partial charge in [0.15, 0.2) is 0 Å². The Balaban J connectivity index is 0.000000671. The maximum Gasteiger partial charge on any atom is -0.0137 e. The summed E-state index contributed by atoms with van der Waals surface area (Å²) in [5.74, 6) is 0. The van der Waals surface area contributed by atoms with Gasteiger partial charge in [0.1, 0.15) is 0 Å². The highest BCUT2D eigenvalue weighted by molar-refractivity contribution is 7.42. The molecule has 13 heavy (non-hydrogen) atoms. The molecule has 78 valence electrons. The standard InChI is InChI=1S/C10H19P.C2H6/c1-8-6-9(2,3)11-10(4,5)7-8;1-2/h11H,1,6-7H2,2-5H3;1-2H3. The lowest BCUT2D eigenvalue weighted by molar-refractivity contribution is 0.566. The molecular formula is C12H25P. The van der Waals surface area contributed by atoms with Crippen LogP contribution >= 0.6 is 8.58 Å². The summed E-state index contributed by atoms with van der Waals surface area (Å²) in [7, 11) is 1.08. The van der Waals surface area contributed by atoms with E-state index in [1.165, 1.54) is 18.4 Å². The number of rotatable bonds is 0. The highest BCUT2D eigenvalue weighted by atomic mass is 31.1. The smallest absolute Gasteiger partial charge is 0.0137 e. The average molecular weight is 200 g/mol. The highest BCUT2D eigenvalue weighted by Crippen LogP contribution is 2.53. The van der Waals surface area contributed by atoms with Crippen molar-refractivity contribution in [3.8, 4) is 0 Å². The van der Waals surface area contributed by atoms with Crippen LogP contribution < -0.4 is 0 Å². The maximum atomic E-state index is 4.11. The van der Waals surface area contributed by atoms with E-state index in [4.69, 9.17) is 0 Å². The zero-order chi connectivity index (χ0) is 10.7. The van der Waals surface area contributed by atoms with Crippen LogP contribution in [0.25, 0.3) is 0 Å². The second-order valence-corrected chi connectivity index (χ2v) is 7.95. The summed E-state index contributed by atoms with van der Waals surface area (Å²) in [6.07, 6.45) is 2.46. The molecule has 1 saturated heterocycles. The molecule has 0 aromatic rings. The van der Waals surface area contributed by atoms with Crippen LogP contribution in [-0.2, 0) is 0 Å². The summed E-state index contributed by atoms with van der Waals surface area (Å²) in [4.78, 5) is 0. The molecular weight excluding hydrogens is 175 g/mol. The van der Waals surface area contributed by atoms with Crippen molar-refractivity contribution in [1.82, 2.24) is 0 Å². The molecule has 0 aromatic heterocycles. The molecule has 0 saturated carbocycles. The first-order valence-electron chi connectivity index (χ1n) is 5.27. The van der Waals surface area contributed by atoms with E-state index in [2.05, 4.69) is 34.3 Å². The van der Waals surface area contributed by atoms with Crippen molar-refractivity contribution < 1.29 is 0 Å². The molecule has 0 atom stereocenters. The molecule has 0 bridgehead atoms. The average Bonchev–Trinajstić information content (AvgIpc) is 1.82. The summed E-state index contributed by atoms with van der Waals surface area (Å²) in [6.45, 7) is 17.5. The Kier molecular flexibility index (Phi) is 4.66. The molecule has 0 amide bonds. The van der Waals surface area contributed by atoms with E-state index in [1.807, 2.05) is 13.8 Å². The van der Waals surface area contributed by atoms with Gasteiger partial charge >= 0.3 is 0 Å². The first kappa shape index (κ1) is 13.2. The molecule has 1 aliphatic rings. The van der Waals surface area contributed by atoms with Crippen LogP contribution in [0, 0.1) is 0 Å². The summed E-state index contributed by atoms with van der Waals surface area (Å²) in [5, 5.41) is 1.03. The van der Waals surface area contributed by atoms with Crippen molar-refractivity contribution in [3.63, 3.8) is 0 Å². The minimum Gasteiger partial charge on any atom is -0.110 e. The van der Waals surface area contributed by atoms with Crippen LogP contribution in [-0.4, -0.2) is 10.3 Å². The molecule has 0 aliphatic carbocycles. The minimum atomic E-state index is 0.513. The van der Waals surface area contributed by atoms with E-state index in [1.54, 1.807) is 0 Å².